The average molecular weight is 285 g/mol. The van der Waals surface area contributed by atoms with Gasteiger partial charge >= 0.3 is 0 Å². The Morgan fingerprint density at radius 2 is 1.81 bits per heavy atom. The van der Waals surface area contributed by atoms with Crippen molar-refractivity contribution in [3.63, 3.8) is 0 Å². The standard InChI is InChI=1S/C18H23NO2/c1-3-21-16-10-8-15(9-11-16)12-19-13-18(20)17-7-5-4-6-14(17)2/h4-11,18-20H,3,12-13H2,1-2H3. The number of aryl methyl sites for hydroxylation is 1. The molecule has 0 amide bonds. The fraction of sp³-hybridized carbons (Fsp3) is 0.333. The van der Waals surface area contributed by atoms with Crippen molar-refractivity contribution in [3.05, 3.63) is 65.2 Å². The third kappa shape index (κ3) is 4.59. The van der Waals surface area contributed by atoms with Crippen molar-refractivity contribution in [2.24, 2.45) is 0 Å². The smallest absolute Gasteiger partial charge is 0.119 e. The van der Waals surface area contributed by atoms with Crippen LogP contribution < -0.4 is 10.1 Å². The van der Waals surface area contributed by atoms with Gasteiger partial charge in [0.15, 0.2) is 0 Å². The predicted molar refractivity (Wildman–Crippen MR) is 85.5 cm³/mol. The Morgan fingerprint density at radius 1 is 1.10 bits per heavy atom. The van der Waals surface area contributed by atoms with Crippen LogP contribution in [-0.2, 0) is 6.54 Å². The van der Waals surface area contributed by atoms with E-state index in [1.165, 1.54) is 5.56 Å². The molecule has 0 fully saturated rings. The summed E-state index contributed by atoms with van der Waals surface area (Å²) in [5, 5.41) is 13.5. The molecule has 0 saturated carbocycles. The Hall–Kier alpha value is -1.84. The molecule has 0 saturated heterocycles. The Kier molecular flexibility index (Phi) is 5.78. The van der Waals surface area contributed by atoms with Gasteiger partial charge in [-0.1, -0.05) is 36.4 Å². The number of rotatable bonds is 7. The summed E-state index contributed by atoms with van der Waals surface area (Å²) < 4.78 is 5.41. The van der Waals surface area contributed by atoms with E-state index in [0.29, 0.717) is 13.2 Å². The molecule has 2 rings (SSSR count). The van der Waals surface area contributed by atoms with Crippen LogP contribution in [0.5, 0.6) is 5.75 Å². The van der Waals surface area contributed by atoms with Crippen LogP contribution in [0.25, 0.3) is 0 Å². The Labute approximate surface area is 126 Å². The third-order valence-corrected chi connectivity index (χ3v) is 3.45. The van der Waals surface area contributed by atoms with E-state index < -0.39 is 6.10 Å². The van der Waals surface area contributed by atoms with E-state index in [0.717, 1.165) is 23.4 Å². The minimum Gasteiger partial charge on any atom is -0.494 e. The van der Waals surface area contributed by atoms with Gasteiger partial charge < -0.3 is 15.2 Å². The van der Waals surface area contributed by atoms with E-state index >= 15 is 0 Å². The highest BCUT2D eigenvalue weighted by Gasteiger charge is 2.08. The van der Waals surface area contributed by atoms with Crippen LogP contribution in [0, 0.1) is 6.92 Å². The second-order valence-electron chi connectivity index (χ2n) is 5.08. The molecule has 21 heavy (non-hydrogen) atoms. The lowest BCUT2D eigenvalue weighted by atomic mass is 10.0. The first kappa shape index (κ1) is 15.5. The van der Waals surface area contributed by atoms with Crippen LogP contribution in [-0.4, -0.2) is 18.3 Å². The summed E-state index contributed by atoms with van der Waals surface area (Å²) in [5.41, 5.74) is 3.28. The van der Waals surface area contributed by atoms with E-state index in [-0.39, 0.29) is 0 Å². The summed E-state index contributed by atoms with van der Waals surface area (Å²) in [6.07, 6.45) is -0.478. The zero-order chi connectivity index (χ0) is 15.1. The largest absolute Gasteiger partial charge is 0.494 e. The number of benzene rings is 2. The number of aliphatic hydroxyl groups is 1. The Bertz CT molecular complexity index is 551. The third-order valence-electron chi connectivity index (χ3n) is 3.45. The maximum Gasteiger partial charge on any atom is 0.119 e. The first-order chi connectivity index (χ1) is 10.2. The Balaban J connectivity index is 1.82. The second-order valence-corrected chi connectivity index (χ2v) is 5.08. The van der Waals surface area contributed by atoms with Gasteiger partial charge in [-0.05, 0) is 42.7 Å². The van der Waals surface area contributed by atoms with Gasteiger partial charge in [0, 0.05) is 13.1 Å². The second kappa shape index (κ2) is 7.81. The molecule has 0 bridgehead atoms. The van der Waals surface area contributed by atoms with E-state index in [1.54, 1.807) is 0 Å². The van der Waals surface area contributed by atoms with Gasteiger partial charge in [-0.3, -0.25) is 0 Å². The molecule has 0 heterocycles. The topological polar surface area (TPSA) is 41.5 Å². The molecule has 1 atom stereocenters. The molecule has 1 unspecified atom stereocenters. The molecule has 2 aromatic rings. The SMILES string of the molecule is CCOc1ccc(CNCC(O)c2ccccc2C)cc1. The number of aliphatic hydroxyl groups excluding tert-OH is 1. The van der Waals surface area contributed by atoms with Crippen molar-refractivity contribution in [2.45, 2.75) is 26.5 Å². The summed E-state index contributed by atoms with van der Waals surface area (Å²) >= 11 is 0. The number of hydrogen-bond donors (Lipinski definition) is 2. The molecule has 0 aromatic heterocycles. The first-order valence-electron chi connectivity index (χ1n) is 7.36. The first-order valence-corrected chi connectivity index (χ1v) is 7.36. The molecule has 3 heteroatoms. The summed E-state index contributed by atoms with van der Waals surface area (Å²) in [6.45, 7) is 5.95. The fourth-order valence-corrected chi connectivity index (χ4v) is 2.29. The maximum absolute atomic E-state index is 10.2. The zero-order valence-electron chi connectivity index (χ0n) is 12.7. The molecule has 0 aliphatic heterocycles. The molecular formula is C18H23NO2. The monoisotopic (exact) mass is 285 g/mol. The van der Waals surface area contributed by atoms with Gasteiger partial charge in [0.25, 0.3) is 0 Å². The van der Waals surface area contributed by atoms with E-state index in [4.69, 9.17) is 4.74 Å². The maximum atomic E-state index is 10.2. The lowest BCUT2D eigenvalue weighted by Gasteiger charge is -2.14. The summed E-state index contributed by atoms with van der Waals surface area (Å²) in [7, 11) is 0. The van der Waals surface area contributed by atoms with Crippen LogP contribution in [0.3, 0.4) is 0 Å². The molecule has 0 spiro atoms. The highest BCUT2D eigenvalue weighted by molar-refractivity contribution is 5.28. The van der Waals surface area contributed by atoms with Crippen molar-refractivity contribution >= 4 is 0 Å². The highest BCUT2D eigenvalue weighted by atomic mass is 16.5. The van der Waals surface area contributed by atoms with Crippen LogP contribution in [0.2, 0.25) is 0 Å². The summed E-state index contributed by atoms with van der Waals surface area (Å²) in [5.74, 6) is 0.890. The van der Waals surface area contributed by atoms with Gasteiger partial charge in [-0.2, -0.15) is 0 Å². The predicted octanol–water partition coefficient (Wildman–Crippen LogP) is 3.22. The molecule has 2 N–H and O–H groups in total. The minimum absolute atomic E-state index is 0.478. The summed E-state index contributed by atoms with van der Waals surface area (Å²) in [6, 6.07) is 16.0. The normalized spacial score (nSPS) is 12.1. The van der Waals surface area contributed by atoms with Gasteiger partial charge in [0.1, 0.15) is 5.75 Å². The summed E-state index contributed by atoms with van der Waals surface area (Å²) in [4.78, 5) is 0. The minimum atomic E-state index is -0.478. The molecule has 2 aromatic carbocycles. The van der Waals surface area contributed by atoms with Gasteiger partial charge in [0.2, 0.25) is 0 Å². The molecule has 112 valence electrons. The molecule has 3 nitrogen and oxygen atoms in total. The van der Waals surface area contributed by atoms with E-state index in [9.17, 15) is 5.11 Å². The lowest BCUT2D eigenvalue weighted by molar-refractivity contribution is 0.173. The van der Waals surface area contributed by atoms with Crippen molar-refractivity contribution < 1.29 is 9.84 Å². The molecule has 0 radical (unpaired) electrons. The fourth-order valence-electron chi connectivity index (χ4n) is 2.29. The van der Waals surface area contributed by atoms with Crippen LogP contribution >= 0.6 is 0 Å². The van der Waals surface area contributed by atoms with Gasteiger partial charge in [0.05, 0.1) is 12.7 Å². The van der Waals surface area contributed by atoms with Crippen molar-refractivity contribution in [3.8, 4) is 5.75 Å². The number of nitrogens with one attached hydrogen (secondary N) is 1. The quantitative estimate of drug-likeness (QED) is 0.820. The van der Waals surface area contributed by atoms with Crippen LogP contribution in [0.4, 0.5) is 0 Å². The van der Waals surface area contributed by atoms with E-state index in [1.807, 2.05) is 62.4 Å². The van der Waals surface area contributed by atoms with Crippen molar-refractivity contribution in [1.29, 1.82) is 0 Å². The zero-order valence-corrected chi connectivity index (χ0v) is 12.7. The van der Waals surface area contributed by atoms with Crippen LogP contribution in [0.1, 0.15) is 29.7 Å². The number of hydrogen-bond acceptors (Lipinski definition) is 3. The van der Waals surface area contributed by atoms with Crippen molar-refractivity contribution in [2.75, 3.05) is 13.2 Å². The lowest BCUT2D eigenvalue weighted by Crippen LogP contribution is -2.21. The van der Waals surface area contributed by atoms with Crippen LogP contribution in [0.15, 0.2) is 48.5 Å². The molecule has 0 aliphatic carbocycles. The van der Waals surface area contributed by atoms with Crippen molar-refractivity contribution in [1.82, 2.24) is 5.32 Å². The van der Waals surface area contributed by atoms with E-state index in [2.05, 4.69) is 5.32 Å². The Morgan fingerprint density at radius 3 is 2.48 bits per heavy atom. The molecular weight excluding hydrogens is 262 g/mol. The van der Waals surface area contributed by atoms with Gasteiger partial charge in [-0.15, -0.1) is 0 Å². The van der Waals surface area contributed by atoms with Gasteiger partial charge in [-0.25, -0.2) is 0 Å². The number of ether oxygens (including phenoxy) is 1. The molecule has 0 aliphatic rings. The average Bonchev–Trinajstić information content (AvgIpc) is 2.49. The highest BCUT2D eigenvalue weighted by Crippen LogP contribution is 2.16.